The lowest BCUT2D eigenvalue weighted by Gasteiger charge is -2.13. The highest BCUT2D eigenvalue weighted by atomic mass is 16.3. The summed E-state index contributed by atoms with van der Waals surface area (Å²) in [6, 6.07) is 34.5. The van der Waals surface area contributed by atoms with Gasteiger partial charge in [0.05, 0.1) is 6.33 Å². The summed E-state index contributed by atoms with van der Waals surface area (Å²) in [4.78, 5) is 34.8. The van der Waals surface area contributed by atoms with Crippen LogP contribution in [-0.4, -0.2) is 58.1 Å². The summed E-state index contributed by atoms with van der Waals surface area (Å²) in [5.74, 6) is 2.75. The van der Waals surface area contributed by atoms with Crippen molar-refractivity contribution in [1.82, 2.24) is 39.9 Å². The van der Waals surface area contributed by atoms with Crippen molar-refractivity contribution >= 4 is 52.8 Å². The number of nitrogens with one attached hydrogen (secondary N) is 7. The van der Waals surface area contributed by atoms with E-state index in [0.717, 1.165) is 46.7 Å². The first-order valence-electron chi connectivity index (χ1n) is 17.1. The van der Waals surface area contributed by atoms with E-state index in [1.807, 2.05) is 97.1 Å². The van der Waals surface area contributed by atoms with E-state index in [2.05, 4.69) is 71.8 Å². The van der Waals surface area contributed by atoms with Gasteiger partial charge in [-0.1, -0.05) is 60.7 Å². The van der Waals surface area contributed by atoms with Crippen LogP contribution in [-0.2, 0) is 19.4 Å². The van der Waals surface area contributed by atoms with Gasteiger partial charge in [0.25, 0.3) is 0 Å². The SMILES string of the molecule is Oc1ccc(CCNc2nc(Nc3ccccc3)nc(Nc3ccc(CNc4nc(NCCc5cnc[nH]5)nc(Nc5ccccc5)n4)cc3)n2)cc1. The maximum atomic E-state index is 9.59. The Morgan fingerprint density at radius 2 is 0.943 bits per heavy atom. The van der Waals surface area contributed by atoms with Crippen LogP contribution in [0.15, 0.2) is 122 Å². The van der Waals surface area contributed by atoms with Gasteiger partial charge in [0.1, 0.15) is 5.75 Å². The maximum Gasteiger partial charge on any atom is 0.233 e. The van der Waals surface area contributed by atoms with Crippen LogP contribution >= 0.6 is 0 Å². The van der Waals surface area contributed by atoms with Gasteiger partial charge in [-0.2, -0.15) is 29.9 Å². The first kappa shape index (κ1) is 34.2. The largest absolute Gasteiger partial charge is 0.508 e. The van der Waals surface area contributed by atoms with Gasteiger partial charge in [-0.05, 0) is 66.1 Å². The normalized spacial score (nSPS) is 10.7. The number of phenolic OH excluding ortho intramolecular Hbond substituents is 1. The van der Waals surface area contributed by atoms with E-state index >= 15 is 0 Å². The van der Waals surface area contributed by atoms with Crippen molar-refractivity contribution in [2.45, 2.75) is 19.4 Å². The van der Waals surface area contributed by atoms with E-state index < -0.39 is 0 Å². The van der Waals surface area contributed by atoms with E-state index in [9.17, 15) is 5.11 Å². The first-order chi connectivity index (χ1) is 26.1. The molecule has 7 rings (SSSR count). The van der Waals surface area contributed by atoms with Crippen LogP contribution < -0.4 is 31.9 Å². The van der Waals surface area contributed by atoms with E-state index in [1.54, 1.807) is 24.7 Å². The number of hydrogen-bond donors (Lipinski definition) is 8. The summed E-state index contributed by atoms with van der Waals surface area (Å²) >= 11 is 0. The molecular formula is C38H38N14O. The molecule has 8 N–H and O–H groups in total. The molecule has 0 bridgehead atoms. The standard InChI is InChI=1S/C38H38N14O/c53-32-17-13-26(14-18-32)19-21-40-34-49-37(45-29-9-5-2-6-10-29)52-38(50-34)46-30-15-11-27(12-16-30)23-42-35-47-33(41-22-20-31-24-39-25-43-31)48-36(51-35)44-28-7-3-1-4-8-28/h1-18,24-25,53H,19-23H2,(H,39,43)(H3,40,45,46,49,50,52)(H3,41,42,44,47,48,51). The molecule has 0 aliphatic heterocycles. The second-order valence-corrected chi connectivity index (χ2v) is 11.9. The van der Waals surface area contributed by atoms with Crippen molar-refractivity contribution in [1.29, 1.82) is 0 Å². The second-order valence-electron chi connectivity index (χ2n) is 11.9. The number of aromatic nitrogens is 8. The minimum Gasteiger partial charge on any atom is -0.508 e. The Labute approximate surface area is 305 Å². The van der Waals surface area contributed by atoms with Crippen LogP contribution in [0.5, 0.6) is 5.75 Å². The molecule has 4 aromatic carbocycles. The third-order valence-corrected chi connectivity index (χ3v) is 7.86. The molecule has 15 heteroatoms. The Kier molecular flexibility index (Phi) is 11.0. The molecule has 0 saturated heterocycles. The minimum atomic E-state index is 0.240. The van der Waals surface area contributed by atoms with Crippen LogP contribution in [0.3, 0.4) is 0 Å². The zero-order valence-electron chi connectivity index (χ0n) is 28.7. The van der Waals surface area contributed by atoms with Gasteiger partial charge in [-0.25, -0.2) is 4.98 Å². The van der Waals surface area contributed by atoms with Gasteiger partial charge >= 0.3 is 0 Å². The number of nitrogens with zero attached hydrogens (tertiary/aromatic N) is 7. The third kappa shape index (κ3) is 10.4. The average Bonchev–Trinajstić information content (AvgIpc) is 3.70. The summed E-state index contributed by atoms with van der Waals surface area (Å²) in [7, 11) is 0. The molecule has 0 radical (unpaired) electrons. The molecule has 0 aliphatic rings. The number of para-hydroxylation sites is 2. The van der Waals surface area contributed by atoms with Crippen LogP contribution in [0, 0.1) is 0 Å². The number of rotatable bonds is 17. The van der Waals surface area contributed by atoms with Gasteiger partial charge in [-0.3, -0.25) is 0 Å². The Balaban J connectivity index is 1.01. The fraction of sp³-hybridized carbons (Fsp3) is 0.132. The zero-order chi connectivity index (χ0) is 36.1. The Morgan fingerprint density at radius 3 is 1.49 bits per heavy atom. The Morgan fingerprint density at radius 1 is 0.472 bits per heavy atom. The van der Waals surface area contributed by atoms with Gasteiger partial charge < -0.3 is 42.0 Å². The van der Waals surface area contributed by atoms with E-state index in [-0.39, 0.29) is 5.75 Å². The van der Waals surface area contributed by atoms with Gasteiger partial charge in [-0.15, -0.1) is 0 Å². The summed E-state index contributed by atoms with van der Waals surface area (Å²) in [5, 5.41) is 29.3. The molecule has 0 aliphatic carbocycles. The highest BCUT2D eigenvalue weighted by molar-refractivity contribution is 5.60. The minimum absolute atomic E-state index is 0.240. The van der Waals surface area contributed by atoms with Gasteiger partial charge in [0.2, 0.25) is 35.7 Å². The van der Waals surface area contributed by atoms with E-state index in [4.69, 9.17) is 0 Å². The summed E-state index contributed by atoms with van der Waals surface area (Å²) in [5.41, 5.74) is 5.64. The summed E-state index contributed by atoms with van der Waals surface area (Å²) < 4.78 is 0. The maximum absolute atomic E-state index is 9.59. The number of phenols is 1. The molecule has 0 saturated carbocycles. The Bertz CT molecular complexity index is 2170. The quantitative estimate of drug-likeness (QED) is 0.0501. The van der Waals surface area contributed by atoms with Crippen LogP contribution in [0.2, 0.25) is 0 Å². The number of aromatic amines is 1. The predicted octanol–water partition coefficient (Wildman–Crippen LogP) is 6.64. The summed E-state index contributed by atoms with van der Waals surface area (Å²) in [6.45, 7) is 1.69. The van der Waals surface area contributed by atoms with Crippen molar-refractivity contribution in [3.63, 3.8) is 0 Å². The average molecular weight is 707 g/mol. The molecule has 0 amide bonds. The van der Waals surface area contributed by atoms with Gasteiger partial charge in [0, 0.05) is 55.0 Å². The van der Waals surface area contributed by atoms with Crippen molar-refractivity contribution in [3.8, 4) is 5.75 Å². The third-order valence-electron chi connectivity index (χ3n) is 7.86. The molecule has 266 valence electrons. The van der Waals surface area contributed by atoms with Crippen LogP contribution in [0.25, 0.3) is 0 Å². The van der Waals surface area contributed by atoms with E-state index in [0.29, 0.717) is 55.3 Å². The highest BCUT2D eigenvalue weighted by Crippen LogP contribution is 2.21. The molecule has 0 atom stereocenters. The number of imidazole rings is 1. The van der Waals surface area contributed by atoms with Crippen LogP contribution in [0.4, 0.5) is 52.8 Å². The van der Waals surface area contributed by atoms with E-state index in [1.165, 1.54) is 0 Å². The molecule has 0 unspecified atom stereocenters. The molecule has 0 spiro atoms. The predicted molar refractivity (Wildman–Crippen MR) is 207 cm³/mol. The highest BCUT2D eigenvalue weighted by Gasteiger charge is 2.10. The number of aromatic hydroxyl groups is 1. The molecule has 3 aromatic heterocycles. The number of benzene rings is 4. The second kappa shape index (κ2) is 17.1. The van der Waals surface area contributed by atoms with Crippen molar-refractivity contribution in [2.75, 3.05) is 45.0 Å². The van der Waals surface area contributed by atoms with Gasteiger partial charge in [0.15, 0.2) is 0 Å². The first-order valence-corrected chi connectivity index (χ1v) is 17.1. The molecule has 15 nitrogen and oxygen atoms in total. The molecule has 53 heavy (non-hydrogen) atoms. The lowest BCUT2D eigenvalue weighted by molar-refractivity contribution is 0.475. The van der Waals surface area contributed by atoms with Crippen molar-refractivity contribution < 1.29 is 5.11 Å². The number of hydrogen-bond acceptors (Lipinski definition) is 14. The smallest absolute Gasteiger partial charge is 0.233 e. The summed E-state index contributed by atoms with van der Waals surface area (Å²) in [6.07, 6.45) is 4.93. The topological polar surface area (TPSA) is 198 Å². The molecule has 7 aromatic rings. The fourth-order valence-corrected chi connectivity index (χ4v) is 5.19. The van der Waals surface area contributed by atoms with Crippen molar-refractivity contribution in [3.05, 3.63) is 139 Å². The molecular weight excluding hydrogens is 669 g/mol. The zero-order valence-corrected chi connectivity index (χ0v) is 28.7. The molecule has 0 fully saturated rings. The monoisotopic (exact) mass is 706 g/mol. The molecule has 3 heterocycles. The lowest BCUT2D eigenvalue weighted by atomic mass is 10.1. The Hall–Kier alpha value is -7.29. The number of anilines is 9. The lowest BCUT2D eigenvalue weighted by Crippen LogP contribution is -2.13. The van der Waals surface area contributed by atoms with Crippen molar-refractivity contribution in [2.24, 2.45) is 0 Å². The fourth-order valence-electron chi connectivity index (χ4n) is 5.19. The number of H-pyrrole nitrogens is 1. The van der Waals surface area contributed by atoms with Crippen LogP contribution in [0.1, 0.15) is 16.8 Å².